The van der Waals surface area contributed by atoms with Crippen LogP contribution in [0.2, 0.25) is 0 Å². The third-order valence-corrected chi connectivity index (χ3v) is 2.03. The Morgan fingerprint density at radius 1 is 0.500 bits per heavy atom. The molecule has 0 aromatic rings. The van der Waals surface area contributed by atoms with E-state index < -0.39 is 0 Å². The van der Waals surface area contributed by atoms with Crippen molar-refractivity contribution in [3.05, 3.63) is 36.5 Å². The van der Waals surface area contributed by atoms with Gasteiger partial charge in [-0.1, -0.05) is 36.5 Å². The van der Waals surface area contributed by atoms with E-state index in [1.165, 1.54) is 38.5 Å². The Hall–Kier alpha value is -0.780. The topological polar surface area (TPSA) is 0 Å². The smallest absolute Gasteiger partial charge is 0.0345 e. The largest absolute Gasteiger partial charge is 0.0885 e. The summed E-state index contributed by atoms with van der Waals surface area (Å²) in [7, 11) is 0. The molecule has 0 aromatic heterocycles. The van der Waals surface area contributed by atoms with Crippen LogP contribution in [-0.4, -0.2) is 0 Å². The molecule has 0 saturated carbocycles. The molecule has 0 heteroatoms. The number of allylic oxidation sites excluding steroid dienone is 6. The number of hydrogen-bond donors (Lipinski definition) is 0. The van der Waals surface area contributed by atoms with Gasteiger partial charge in [0.2, 0.25) is 0 Å². The van der Waals surface area contributed by atoms with Gasteiger partial charge in [0.25, 0.3) is 0 Å². The molecule has 1 aliphatic carbocycles. The van der Waals surface area contributed by atoms with Crippen LogP contribution in [0.5, 0.6) is 0 Å². The predicted octanol–water partition coefficient (Wildman–Crippen LogP) is 4.01. The van der Waals surface area contributed by atoms with Gasteiger partial charge >= 0.3 is 0 Å². The van der Waals surface area contributed by atoms with Crippen LogP contribution in [0.25, 0.3) is 0 Å². The van der Waals surface area contributed by atoms with E-state index in [9.17, 15) is 0 Å². The van der Waals surface area contributed by atoms with Gasteiger partial charge in [-0.15, -0.1) is 0 Å². The monoisotopic (exact) mass is 162 g/mol. The highest BCUT2D eigenvalue weighted by Crippen LogP contribution is 2.03. The summed E-state index contributed by atoms with van der Waals surface area (Å²) < 4.78 is 0. The van der Waals surface area contributed by atoms with Gasteiger partial charge in [-0.25, -0.2) is 0 Å². The average Bonchev–Trinajstić information content (AvgIpc) is 2.05. The van der Waals surface area contributed by atoms with Gasteiger partial charge in [-0.2, -0.15) is 0 Å². The fourth-order valence-electron chi connectivity index (χ4n) is 1.29. The number of rotatable bonds is 0. The van der Waals surface area contributed by atoms with Gasteiger partial charge < -0.3 is 0 Å². The zero-order valence-electron chi connectivity index (χ0n) is 7.71. The van der Waals surface area contributed by atoms with Gasteiger partial charge in [0, 0.05) is 0 Å². The van der Waals surface area contributed by atoms with Gasteiger partial charge in [-0.05, 0) is 38.5 Å². The molecule has 0 atom stereocenters. The van der Waals surface area contributed by atoms with Crippen molar-refractivity contribution >= 4 is 0 Å². The van der Waals surface area contributed by atoms with Crippen LogP contribution in [-0.2, 0) is 0 Å². The van der Waals surface area contributed by atoms with Gasteiger partial charge in [-0.3, -0.25) is 0 Å². The molecule has 0 amide bonds. The van der Waals surface area contributed by atoms with Crippen molar-refractivity contribution < 1.29 is 0 Å². The third-order valence-electron chi connectivity index (χ3n) is 2.03. The minimum Gasteiger partial charge on any atom is -0.0885 e. The van der Waals surface area contributed by atoms with Gasteiger partial charge in [0.1, 0.15) is 0 Å². The zero-order valence-corrected chi connectivity index (χ0v) is 7.71. The van der Waals surface area contributed by atoms with Gasteiger partial charge in [0.05, 0.1) is 0 Å². The fourth-order valence-corrected chi connectivity index (χ4v) is 1.29. The fraction of sp³-hybridized carbons (Fsp3) is 0.500. The normalized spacial score (nSPS) is 28.0. The quantitative estimate of drug-likeness (QED) is 0.472. The maximum atomic E-state index is 2.32. The minimum atomic E-state index is 1.22. The van der Waals surface area contributed by atoms with Crippen LogP contribution < -0.4 is 0 Å². The molecule has 0 radical (unpaired) electrons. The van der Waals surface area contributed by atoms with E-state index in [0.29, 0.717) is 0 Å². The second kappa shape index (κ2) is 6.90. The van der Waals surface area contributed by atoms with Crippen molar-refractivity contribution in [2.75, 3.05) is 0 Å². The summed E-state index contributed by atoms with van der Waals surface area (Å²) in [5.41, 5.74) is 0. The standard InChI is InChI=1S/C12H18/c1-2-4-6-8-10-12-11-9-7-5-3-1/h1-4,11-12H,5-10H2/b3-1-,4-2+,12-11+. The Labute approximate surface area is 75.7 Å². The molecule has 0 aromatic carbocycles. The molecule has 1 aliphatic rings. The lowest BCUT2D eigenvalue weighted by Crippen LogP contribution is -1.73. The minimum absolute atomic E-state index is 1.22. The molecule has 12 heavy (non-hydrogen) atoms. The molecule has 0 saturated heterocycles. The first-order chi connectivity index (χ1) is 6.00. The first-order valence-electron chi connectivity index (χ1n) is 4.97. The second-order valence-corrected chi connectivity index (χ2v) is 3.19. The lowest BCUT2D eigenvalue weighted by molar-refractivity contribution is 0.838. The zero-order chi connectivity index (χ0) is 8.49. The van der Waals surface area contributed by atoms with Crippen LogP contribution in [0.1, 0.15) is 38.5 Å². The van der Waals surface area contributed by atoms with Crippen molar-refractivity contribution in [1.29, 1.82) is 0 Å². The molecule has 0 spiro atoms. The van der Waals surface area contributed by atoms with Crippen LogP contribution in [0.3, 0.4) is 0 Å². The van der Waals surface area contributed by atoms with E-state index in [2.05, 4.69) is 36.5 Å². The van der Waals surface area contributed by atoms with E-state index >= 15 is 0 Å². The Balaban J connectivity index is 2.30. The molecule has 0 nitrogen and oxygen atoms in total. The van der Waals surface area contributed by atoms with Crippen LogP contribution in [0, 0.1) is 0 Å². The highest BCUT2D eigenvalue weighted by atomic mass is 13.9. The lowest BCUT2D eigenvalue weighted by atomic mass is 10.1. The summed E-state index contributed by atoms with van der Waals surface area (Å²) in [4.78, 5) is 0. The molecule has 0 aliphatic heterocycles. The summed E-state index contributed by atoms with van der Waals surface area (Å²) in [6, 6.07) is 0. The van der Waals surface area contributed by atoms with Crippen molar-refractivity contribution in [1.82, 2.24) is 0 Å². The third kappa shape index (κ3) is 4.95. The highest BCUT2D eigenvalue weighted by Gasteiger charge is 1.83. The summed E-state index contributed by atoms with van der Waals surface area (Å²) >= 11 is 0. The Kier molecular flexibility index (Phi) is 5.35. The van der Waals surface area contributed by atoms with E-state index in [1.54, 1.807) is 0 Å². The maximum Gasteiger partial charge on any atom is -0.0345 e. The van der Waals surface area contributed by atoms with E-state index in [-0.39, 0.29) is 0 Å². The van der Waals surface area contributed by atoms with Gasteiger partial charge in [0.15, 0.2) is 0 Å². The molecule has 66 valence electrons. The average molecular weight is 162 g/mol. The summed E-state index contributed by atoms with van der Waals surface area (Å²) in [6.45, 7) is 0. The lowest BCUT2D eigenvalue weighted by Gasteiger charge is -1.93. The number of hydrogen-bond acceptors (Lipinski definition) is 0. The Morgan fingerprint density at radius 2 is 0.917 bits per heavy atom. The Bertz CT molecular complexity index is 152. The van der Waals surface area contributed by atoms with Crippen LogP contribution in [0.4, 0.5) is 0 Å². The summed E-state index contributed by atoms with van der Waals surface area (Å²) in [5, 5.41) is 0. The van der Waals surface area contributed by atoms with E-state index in [0.717, 1.165) is 0 Å². The first kappa shape index (κ1) is 9.31. The highest BCUT2D eigenvalue weighted by molar-refractivity contribution is 5.02. The SMILES string of the molecule is C1=C\CCC/C=C/CCC/C=C/1. The molecular formula is C12H18. The van der Waals surface area contributed by atoms with Crippen molar-refractivity contribution in [2.45, 2.75) is 38.5 Å². The second-order valence-electron chi connectivity index (χ2n) is 3.19. The molecule has 0 fully saturated rings. The summed E-state index contributed by atoms with van der Waals surface area (Å²) in [6.07, 6.45) is 21.0. The van der Waals surface area contributed by atoms with E-state index in [4.69, 9.17) is 0 Å². The van der Waals surface area contributed by atoms with E-state index in [1.807, 2.05) is 0 Å². The molecule has 0 heterocycles. The molecule has 1 rings (SSSR count). The molecule has 0 bridgehead atoms. The van der Waals surface area contributed by atoms with Crippen molar-refractivity contribution in [2.24, 2.45) is 0 Å². The molecular weight excluding hydrogens is 144 g/mol. The predicted molar refractivity (Wildman–Crippen MR) is 55.1 cm³/mol. The van der Waals surface area contributed by atoms with Crippen LogP contribution >= 0.6 is 0 Å². The molecule has 0 unspecified atom stereocenters. The summed E-state index contributed by atoms with van der Waals surface area (Å²) in [5.74, 6) is 0. The van der Waals surface area contributed by atoms with Crippen LogP contribution in [0.15, 0.2) is 36.5 Å². The maximum absolute atomic E-state index is 2.32. The van der Waals surface area contributed by atoms with Crippen molar-refractivity contribution in [3.8, 4) is 0 Å². The Morgan fingerprint density at radius 3 is 1.42 bits per heavy atom. The first-order valence-corrected chi connectivity index (χ1v) is 4.97. The molecule has 0 N–H and O–H groups in total. The van der Waals surface area contributed by atoms with Crippen molar-refractivity contribution in [3.63, 3.8) is 0 Å².